The average Bonchev–Trinajstić information content (AvgIpc) is 2.48. The van der Waals surface area contributed by atoms with Gasteiger partial charge < -0.3 is 10.6 Å². The molecule has 1 aromatic rings. The number of hydrogen-bond donors (Lipinski definition) is 2. The number of amides is 1. The number of nitro groups is 1. The van der Waals surface area contributed by atoms with E-state index in [-0.39, 0.29) is 24.0 Å². The Labute approximate surface area is 136 Å². The minimum absolute atomic E-state index is 0. The number of carbonyl (C=O) groups excluding carboxylic acids is 1. The van der Waals surface area contributed by atoms with E-state index in [4.69, 9.17) is 0 Å². The molecule has 1 aromatic carbocycles. The van der Waals surface area contributed by atoms with Crippen LogP contribution in [0, 0.1) is 23.0 Å². The summed E-state index contributed by atoms with van der Waals surface area (Å²) in [6.45, 7) is 4.35. The van der Waals surface area contributed by atoms with Crippen LogP contribution < -0.4 is 10.6 Å². The second-order valence-corrected chi connectivity index (χ2v) is 5.52. The maximum Gasteiger partial charge on any atom is 0.273 e. The van der Waals surface area contributed by atoms with Crippen molar-refractivity contribution in [2.24, 2.45) is 5.92 Å². The lowest BCUT2D eigenvalue weighted by Gasteiger charge is -2.22. The minimum Gasteiger partial charge on any atom is -0.352 e. The lowest BCUT2D eigenvalue weighted by molar-refractivity contribution is -0.385. The summed E-state index contributed by atoms with van der Waals surface area (Å²) in [5.41, 5.74) is 0.887. The molecular formula is C15H22ClN3O3. The molecule has 1 atom stereocenters. The molecule has 1 unspecified atom stereocenters. The summed E-state index contributed by atoms with van der Waals surface area (Å²) in [7, 11) is 0. The smallest absolute Gasteiger partial charge is 0.273 e. The third-order valence-electron chi connectivity index (χ3n) is 3.91. The average molecular weight is 328 g/mol. The first kappa shape index (κ1) is 18.4. The topological polar surface area (TPSA) is 84.3 Å². The number of aryl methyl sites for hydroxylation is 1. The van der Waals surface area contributed by atoms with E-state index in [1.165, 1.54) is 18.9 Å². The van der Waals surface area contributed by atoms with Gasteiger partial charge in [-0.05, 0) is 51.3 Å². The second kappa shape index (κ2) is 8.70. The van der Waals surface area contributed by atoms with Gasteiger partial charge in [-0.1, -0.05) is 6.07 Å². The Morgan fingerprint density at radius 3 is 2.91 bits per heavy atom. The molecule has 0 bridgehead atoms. The molecule has 0 saturated carbocycles. The van der Waals surface area contributed by atoms with Gasteiger partial charge >= 0.3 is 0 Å². The van der Waals surface area contributed by atoms with Gasteiger partial charge in [0.15, 0.2) is 0 Å². The monoisotopic (exact) mass is 327 g/mol. The summed E-state index contributed by atoms with van der Waals surface area (Å²) in [6.07, 6.45) is 3.31. The molecule has 1 saturated heterocycles. The summed E-state index contributed by atoms with van der Waals surface area (Å²) in [5, 5.41) is 17.1. The van der Waals surface area contributed by atoms with E-state index in [0.717, 1.165) is 19.5 Å². The Balaban J connectivity index is 0.00000242. The van der Waals surface area contributed by atoms with Gasteiger partial charge in [0.05, 0.1) is 4.92 Å². The van der Waals surface area contributed by atoms with Crippen LogP contribution in [0.2, 0.25) is 0 Å². The van der Waals surface area contributed by atoms with Gasteiger partial charge in [0.2, 0.25) is 0 Å². The molecule has 1 amide bonds. The highest BCUT2D eigenvalue weighted by molar-refractivity contribution is 5.94. The van der Waals surface area contributed by atoms with Crippen LogP contribution in [0.25, 0.3) is 0 Å². The molecule has 7 heteroatoms. The van der Waals surface area contributed by atoms with Crippen molar-refractivity contribution in [1.82, 2.24) is 10.6 Å². The van der Waals surface area contributed by atoms with Crippen molar-refractivity contribution in [2.45, 2.75) is 26.2 Å². The zero-order valence-electron chi connectivity index (χ0n) is 12.6. The molecule has 122 valence electrons. The zero-order valence-corrected chi connectivity index (χ0v) is 13.4. The first-order valence-electron chi connectivity index (χ1n) is 7.32. The number of nitrogens with zero attached hydrogens (tertiary/aromatic N) is 1. The van der Waals surface area contributed by atoms with Gasteiger partial charge in [-0.25, -0.2) is 0 Å². The first-order chi connectivity index (χ1) is 10.1. The Kier molecular flexibility index (Phi) is 7.27. The van der Waals surface area contributed by atoms with Crippen molar-refractivity contribution in [3.63, 3.8) is 0 Å². The highest BCUT2D eigenvalue weighted by atomic mass is 35.5. The van der Waals surface area contributed by atoms with Crippen LogP contribution in [0.3, 0.4) is 0 Å². The van der Waals surface area contributed by atoms with Crippen LogP contribution in [0.4, 0.5) is 5.69 Å². The molecule has 1 fully saturated rings. The summed E-state index contributed by atoms with van der Waals surface area (Å²) in [5.74, 6) is 0.355. The van der Waals surface area contributed by atoms with Crippen LogP contribution in [-0.4, -0.2) is 30.5 Å². The Bertz CT molecular complexity index is 531. The second-order valence-electron chi connectivity index (χ2n) is 5.52. The summed E-state index contributed by atoms with van der Waals surface area (Å²) in [4.78, 5) is 22.4. The number of halogens is 1. The van der Waals surface area contributed by atoms with Crippen molar-refractivity contribution in [2.75, 3.05) is 19.6 Å². The van der Waals surface area contributed by atoms with Crippen molar-refractivity contribution < 1.29 is 9.72 Å². The SMILES string of the molecule is Cc1ccc(C(=O)NCCC2CCCNC2)cc1[N+](=O)[O-].Cl. The van der Waals surface area contributed by atoms with Crippen molar-refractivity contribution in [1.29, 1.82) is 0 Å². The first-order valence-corrected chi connectivity index (χ1v) is 7.32. The van der Waals surface area contributed by atoms with Crippen LogP contribution >= 0.6 is 12.4 Å². The molecule has 2 N–H and O–H groups in total. The maximum absolute atomic E-state index is 12.0. The Morgan fingerprint density at radius 2 is 2.27 bits per heavy atom. The zero-order chi connectivity index (χ0) is 15.2. The largest absolute Gasteiger partial charge is 0.352 e. The normalized spacial score (nSPS) is 17.4. The van der Waals surface area contributed by atoms with E-state index in [1.54, 1.807) is 19.1 Å². The third-order valence-corrected chi connectivity index (χ3v) is 3.91. The van der Waals surface area contributed by atoms with E-state index >= 15 is 0 Å². The number of rotatable bonds is 5. The van der Waals surface area contributed by atoms with Gasteiger partial charge in [0, 0.05) is 23.7 Å². The number of piperidine rings is 1. The number of carbonyl (C=O) groups is 1. The molecular weight excluding hydrogens is 306 g/mol. The van der Waals surface area contributed by atoms with Crippen LogP contribution in [-0.2, 0) is 0 Å². The number of nitro benzene ring substituents is 1. The lowest BCUT2D eigenvalue weighted by atomic mass is 9.96. The predicted molar refractivity (Wildman–Crippen MR) is 87.6 cm³/mol. The fourth-order valence-corrected chi connectivity index (χ4v) is 2.61. The van der Waals surface area contributed by atoms with Crippen molar-refractivity contribution in [3.8, 4) is 0 Å². The molecule has 0 aliphatic carbocycles. The van der Waals surface area contributed by atoms with Crippen molar-refractivity contribution in [3.05, 3.63) is 39.4 Å². The quantitative estimate of drug-likeness (QED) is 0.642. The number of nitrogens with one attached hydrogen (secondary N) is 2. The molecule has 6 nitrogen and oxygen atoms in total. The summed E-state index contributed by atoms with van der Waals surface area (Å²) in [6, 6.07) is 4.57. The van der Waals surface area contributed by atoms with Gasteiger partial charge in [-0.15, -0.1) is 12.4 Å². The fraction of sp³-hybridized carbons (Fsp3) is 0.533. The Morgan fingerprint density at radius 1 is 1.50 bits per heavy atom. The molecule has 2 rings (SSSR count). The summed E-state index contributed by atoms with van der Waals surface area (Å²) < 4.78 is 0. The molecule has 1 aliphatic heterocycles. The molecule has 22 heavy (non-hydrogen) atoms. The Hall–Kier alpha value is -1.66. The van der Waals surface area contributed by atoms with Gasteiger partial charge in [0.1, 0.15) is 0 Å². The highest BCUT2D eigenvalue weighted by Crippen LogP contribution is 2.19. The van der Waals surface area contributed by atoms with E-state index < -0.39 is 4.92 Å². The minimum atomic E-state index is -0.459. The standard InChI is InChI=1S/C15H21N3O3.ClH/c1-11-4-5-13(9-14(11)18(20)21)15(19)17-8-6-12-3-2-7-16-10-12;/h4-5,9,12,16H,2-3,6-8,10H2,1H3,(H,17,19);1H. The van der Waals surface area contributed by atoms with Crippen LogP contribution in [0.15, 0.2) is 18.2 Å². The van der Waals surface area contributed by atoms with E-state index in [9.17, 15) is 14.9 Å². The van der Waals surface area contributed by atoms with Gasteiger partial charge in [0.25, 0.3) is 11.6 Å². The number of benzene rings is 1. The van der Waals surface area contributed by atoms with Crippen LogP contribution in [0.1, 0.15) is 35.2 Å². The van der Waals surface area contributed by atoms with E-state index in [1.807, 2.05) is 0 Å². The third kappa shape index (κ3) is 4.96. The molecule has 0 radical (unpaired) electrons. The molecule has 0 spiro atoms. The van der Waals surface area contributed by atoms with Gasteiger partial charge in [-0.2, -0.15) is 0 Å². The predicted octanol–water partition coefficient (Wildman–Crippen LogP) is 2.44. The lowest BCUT2D eigenvalue weighted by Crippen LogP contribution is -2.33. The number of hydrogen-bond acceptors (Lipinski definition) is 4. The fourth-order valence-electron chi connectivity index (χ4n) is 2.61. The van der Waals surface area contributed by atoms with Crippen molar-refractivity contribution >= 4 is 24.0 Å². The van der Waals surface area contributed by atoms with E-state index in [2.05, 4.69) is 10.6 Å². The summed E-state index contributed by atoms with van der Waals surface area (Å²) >= 11 is 0. The highest BCUT2D eigenvalue weighted by Gasteiger charge is 2.16. The molecule has 1 aliphatic rings. The van der Waals surface area contributed by atoms with Crippen LogP contribution in [0.5, 0.6) is 0 Å². The molecule has 1 heterocycles. The van der Waals surface area contributed by atoms with Gasteiger partial charge in [-0.3, -0.25) is 14.9 Å². The van der Waals surface area contributed by atoms with E-state index in [0.29, 0.717) is 23.6 Å². The molecule has 0 aromatic heterocycles. The maximum atomic E-state index is 12.0.